The molecule has 0 aliphatic carbocycles. The molecular formula is C15H21NO2. The van der Waals surface area contributed by atoms with Gasteiger partial charge < -0.3 is 5.11 Å². The van der Waals surface area contributed by atoms with Gasteiger partial charge in [-0.15, -0.1) is 0 Å². The number of carbonyl (C=O) groups is 1. The number of hydrogen-bond donors (Lipinski definition) is 1. The summed E-state index contributed by atoms with van der Waals surface area (Å²) >= 11 is 0. The largest absolute Gasteiger partial charge is 0.481 e. The number of nitrogens with zero attached hydrogens (tertiary/aromatic N) is 1. The van der Waals surface area contributed by atoms with Gasteiger partial charge >= 0.3 is 5.97 Å². The van der Waals surface area contributed by atoms with E-state index in [-0.39, 0.29) is 6.42 Å². The minimum absolute atomic E-state index is 0.252. The van der Waals surface area contributed by atoms with Crippen LogP contribution in [0.3, 0.4) is 0 Å². The van der Waals surface area contributed by atoms with E-state index >= 15 is 0 Å². The standard InChI is InChI=1S/C15H21NO2/c1-12-14(11-13-5-3-2-4-6-13)7-9-16(12)10-8-15(17)18/h2-6,12,14H,7-11H2,1H3,(H,17,18)/t12-,14+/m0/s1. The molecule has 0 amide bonds. The number of hydrogen-bond acceptors (Lipinski definition) is 2. The van der Waals surface area contributed by atoms with E-state index in [9.17, 15) is 4.79 Å². The number of carboxylic acid groups (broad SMARTS) is 1. The van der Waals surface area contributed by atoms with Crippen molar-refractivity contribution in [3.8, 4) is 0 Å². The van der Waals surface area contributed by atoms with Crippen molar-refractivity contribution in [3.63, 3.8) is 0 Å². The summed E-state index contributed by atoms with van der Waals surface area (Å²) in [6.45, 7) is 3.94. The van der Waals surface area contributed by atoms with Crippen LogP contribution in [0, 0.1) is 5.92 Å². The van der Waals surface area contributed by atoms with Crippen molar-refractivity contribution in [2.75, 3.05) is 13.1 Å². The first-order valence-corrected chi connectivity index (χ1v) is 6.66. The number of benzene rings is 1. The molecule has 0 radical (unpaired) electrons. The molecule has 0 spiro atoms. The van der Waals surface area contributed by atoms with E-state index in [0.717, 1.165) is 13.0 Å². The maximum atomic E-state index is 10.6. The van der Waals surface area contributed by atoms with Gasteiger partial charge in [0.05, 0.1) is 6.42 Å². The van der Waals surface area contributed by atoms with E-state index in [1.807, 2.05) is 6.07 Å². The Morgan fingerprint density at radius 2 is 2.11 bits per heavy atom. The topological polar surface area (TPSA) is 40.5 Å². The highest BCUT2D eigenvalue weighted by Crippen LogP contribution is 2.27. The molecule has 1 aliphatic rings. The fourth-order valence-electron chi connectivity index (χ4n) is 2.82. The van der Waals surface area contributed by atoms with Gasteiger partial charge in [0.2, 0.25) is 0 Å². The zero-order chi connectivity index (χ0) is 13.0. The lowest BCUT2D eigenvalue weighted by molar-refractivity contribution is -0.137. The molecule has 98 valence electrons. The molecule has 1 aromatic carbocycles. The van der Waals surface area contributed by atoms with Crippen LogP contribution in [0.4, 0.5) is 0 Å². The van der Waals surface area contributed by atoms with Crippen molar-refractivity contribution in [2.24, 2.45) is 5.92 Å². The van der Waals surface area contributed by atoms with Crippen LogP contribution >= 0.6 is 0 Å². The van der Waals surface area contributed by atoms with Gasteiger partial charge in [0.1, 0.15) is 0 Å². The Labute approximate surface area is 108 Å². The summed E-state index contributed by atoms with van der Waals surface area (Å²) in [7, 11) is 0. The number of likely N-dealkylation sites (tertiary alicyclic amines) is 1. The van der Waals surface area contributed by atoms with Gasteiger partial charge in [0.25, 0.3) is 0 Å². The molecule has 3 nitrogen and oxygen atoms in total. The second-order valence-electron chi connectivity index (χ2n) is 5.16. The quantitative estimate of drug-likeness (QED) is 0.868. The summed E-state index contributed by atoms with van der Waals surface area (Å²) in [5.74, 6) is -0.0464. The lowest BCUT2D eigenvalue weighted by Gasteiger charge is -2.24. The van der Waals surface area contributed by atoms with Crippen LogP contribution in [-0.2, 0) is 11.2 Å². The number of rotatable bonds is 5. The van der Waals surface area contributed by atoms with Gasteiger partial charge in [-0.2, -0.15) is 0 Å². The van der Waals surface area contributed by atoms with Gasteiger partial charge in [-0.05, 0) is 37.8 Å². The van der Waals surface area contributed by atoms with Crippen molar-refractivity contribution in [1.29, 1.82) is 0 Å². The predicted molar refractivity (Wildman–Crippen MR) is 71.5 cm³/mol. The molecule has 1 aliphatic heterocycles. The van der Waals surface area contributed by atoms with Gasteiger partial charge in [-0.1, -0.05) is 30.3 Å². The van der Waals surface area contributed by atoms with Crippen molar-refractivity contribution >= 4 is 5.97 Å². The molecule has 1 aromatic rings. The lowest BCUT2D eigenvalue weighted by atomic mass is 9.93. The highest BCUT2D eigenvalue weighted by atomic mass is 16.4. The van der Waals surface area contributed by atoms with Gasteiger partial charge in [-0.3, -0.25) is 9.69 Å². The fraction of sp³-hybridized carbons (Fsp3) is 0.533. The molecule has 1 fully saturated rings. The second kappa shape index (κ2) is 6.01. The monoisotopic (exact) mass is 247 g/mol. The predicted octanol–water partition coefficient (Wildman–Crippen LogP) is 2.41. The minimum atomic E-state index is -0.700. The van der Waals surface area contributed by atoms with Crippen LogP contribution in [0.2, 0.25) is 0 Å². The van der Waals surface area contributed by atoms with E-state index in [1.54, 1.807) is 0 Å². The highest BCUT2D eigenvalue weighted by Gasteiger charge is 2.30. The summed E-state index contributed by atoms with van der Waals surface area (Å²) in [5.41, 5.74) is 1.38. The molecular weight excluding hydrogens is 226 g/mol. The van der Waals surface area contributed by atoms with Crippen LogP contribution in [0.1, 0.15) is 25.3 Å². The lowest BCUT2D eigenvalue weighted by Crippen LogP contribution is -2.32. The van der Waals surface area contributed by atoms with E-state index in [0.29, 0.717) is 18.5 Å². The van der Waals surface area contributed by atoms with Crippen LogP contribution in [-0.4, -0.2) is 35.1 Å². The smallest absolute Gasteiger partial charge is 0.304 e. The van der Waals surface area contributed by atoms with Crippen LogP contribution in [0.15, 0.2) is 30.3 Å². The fourth-order valence-corrected chi connectivity index (χ4v) is 2.82. The van der Waals surface area contributed by atoms with Crippen molar-refractivity contribution in [3.05, 3.63) is 35.9 Å². The Balaban J connectivity index is 1.87. The minimum Gasteiger partial charge on any atom is -0.481 e. The zero-order valence-electron chi connectivity index (χ0n) is 10.9. The first-order chi connectivity index (χ1) is 8.66. The van der Waals surface area contributed by atoms with E-state index in [2.05, 4.69) is 36.1 Å². The number of aliphatic carboxylic acids is 1. The maximum Gasteiger partial charge on any atom is 0.304 e. The van der Waals surface area contributed by atoms with Gasteiger partial charge in [0, 0.05) is 12.6 Å². The summed E-state index contributed by atoms with van der Waals surface area (Å²) in [6.07, 6.45) is 2.53. The Bertz CT molecular complexity index is 391. The SMILES string of the molecule is C[C@H]1[C@@H](Cc2ccccc2)CCN1CCC(=O)O. The molecule has 18 heavy (non-hydrogen) atoms. The third-order valence-corrected chi connectivity index (χ3v) is 4.00. The number of carboxylic acids is 1. The van der Waals surface area contributed by atoms with E-state index in [4.69, 9.17) is 5.11 Å². The van der Waals surface area contributed by atoms with Crippen molar-refractivity contribution < 1.29 is 9.90 Å². The third-order valence-electron chi connectivity index (χ3n) is 4.00. The average Bonchev–Trinajstić information content (AvgIpc) is 2.70. The van der Waals surface area contributed by atoms with E-state index < -0.39 is 5.97 Å². The molecule has 1 heterocycles. The van der Waals surface area contributed by atoms with Crippen molar-refractivity contribution in [2.45, 2.75) is 32.2 Å². The molecule has 3 heteroatoms. The van der Waals surface area contributed by atoms with Crippen LogP contribution in [0.5, 0.6) is 0 Å². The molecule has 2 atom stereocenters. The Hall–Kier alpha value is -1.35. The summed E-state index contributed by atoms with van der Waals surface area (Å²) in [5, 5.41) is 8.73. The molecule has 0 aromatic heterocycles. The van der Waals surface area contributed by atoms with Gasteiger partial charge in [0.15, 0.2) is 0 Å². The van der Waals surface area contributed by atoms with Gasteiger partial charge in [-0.25, -0.2) is 0 Å². The van der Waals surface area contributed by atoms with Crippen LogP contribution < -0.4 is 0 Å². The Kier molecular flexibility index (Phi) is 4.37. The molecule has 0 bridgehead atoms. The maximum absolute atomic E-state index is 10.6. The molecule has 1 N–H and O–H groups in total. The molecule has 1 saturated heterocycles. The second-order valence-corrected chi connectivity index (χ2v) is 5.16. The average molecular weight is 247 g/mol. The zero-order valence-corrected chi connectivity index (χ0v) is 10.9. The first kappa shape index (κ1) is 13.1. The summed E-state index contributed by atoms with van der Waals surface area (Å²) in [6, 6.07) is 11.0. The molecule has 0 unspecified atom stereocenters. The third kappa shape index (κ3) is 3.33. The highest BCUT2D eigenvalue weighted by molar-refractivity contribution is 5.66. The summed E-state index contributed by atoms with van der Waals surface area (Å²) in [4.78, 5) is 12.9. The summed E-state index contributed by atoms with van der Waals surface area (Å²) < 4.78 is 0. The Morgan fingerprint density at radius 3 is 2.78 bits per heavy atom. The van der Waals surface area contributed by atoms with Crippen molar-refractivity contribution in [1.82, 2.24) is 4.90 Å². The van der Waals surface area contributed by atoms with Crippen LogP contribution in [0.25, 0.3) is 0 Å². The Morgan fingerprint density at radius 1 is 1.39 bits per heavy atom. The van der Waals surface area contributed by atoms with E-state index in [1.165, 1.54) is 12.0 Å². The first-order valence-electron chi connectivity index (χ1n) is 6.66. The molecule has 0 saturated carbocycles. The normalized spacial score (nSPS) is 24.3. The molecule has 2 rings (SSSR count).